The number of anilines is 1. The summed E-state index contributed by atoms with van der Waals surface area (Å²) >= 11 is 7.37. The number of benzene rings is 1. The maximum absolute atomic E-state index is 13.8. The molecule has 0 saturated heterocycles. The van der Waals surface area contributed by atoms with Crippen LogP contribution in [0.5, 0.6) is 0 Å². The Kier molecular flexibility index (Phi) is 5.86. The van der Waals surface area contributed by atoms with Crippen LogP contribution in [0.3, 0.4) is 0 Å². The molecular formula is C18H17ClFN2O2S+. The van der Waals surface area contributed by atoms with Crippen LogP contribution in [0.25, 0.3) is 0 Å². The van der Waals surface area contributed by atoms with E-state index in [4.69, 9.17) is 16.0 Å². The van der Waals surface area contributed by atoms with Gasteiger partial charge in [-0.15, -0.1) is 11.3 Å². The van der Waals surface area contributed by atoms with Crippen molar-refractivity contribution in [3.05, 3.63) is 75.6 Å². The summed E-state index contributed by atoms with van der Waals surface area (Å²) in [5.74, 6) is -0.0111. The number of furan rings is 1. The molecule has 3 rings (SSSR count). The maximum Gasteiger partial charge on any atom is 0.279 e. The first-order valence-electron chi connectivity index (χ1n) is 7.73. The summed E-state index contributed by atoms with van der Waals surface area (Å²) in [4.78, 5) is 14.5. The van der Waals surface area contributed by atoms with E-state index in [1.54, 1.807) is 23.7 Å². The molecule has 130 valence electrons. The Balaban J connectivity index is 1.66. The van der Waals surface area contributed by atoms with E-state index in [0.29, 0.717) is 18.1 Å². The topological polar surface area (TPSA) is 46.7 Å². The van der Waals surface area contributed by atoms with Crippen LogP contribution in [0.1, 0.15) is 10.6 Å². The highest BCUT2D eigenvalue weighted by Crippen LogP contribution is 2.18. The molecule has 2 N–H and O–H groups in total. The third-order valence-electron chi connectivity index (χ3n) is 3.62. The third-order valence-corrected chi connectivity index (χ3v) is 4.74. The monoisotopic (exact) mass is 379 g/mol. The number of nitrogens with one attached hydrogen (secondary N) is 2. The first kappa shape index (κ1) is 17.7. The van der Waals surface area contributed by atoms with Crippen LogP contribution < -0.4 is 10.2 Å². The molecule has 7 heteroatoms. The molecule has 3 aromatic rings. The minimum Gasteiger partial charge on any atom is -0.463 e. The van der Waals surface area contributed by atoms with Gasteiger partial charge in [-0.05, 0) is 41.8 Å². The van der Waals surface area contributed by atoms with Gasteiger partial charge in [-0.3, -0.25) is 4.79 Å². The summed E-state index contributed by atoms with van der Waals surface area (Å²) in [6.07, 6.45) is 1.61. The molecule has 1 atom stereocenters. The lowest BCUT2D eigenvalue weighted by Gasteiger charge is -2.17. The van der Waals surface area contributed by atoms with Gasteiger partial charge in [0, 0.05) is 5.02 Å². The SMILES string of the molecule is O=C(C[NH+](Cc1ccco1)Cc1cccs1)Nc1ccc(Cl)cc1F. The van der Waals surface area contributed by atoms with Gasteiger partial charge in [-0.2, -0.15) is 0 Å². The quantitative estimate of drug-likeness (QED) is 0.661. The summed E-state index contributed by atoms with van der Waals surface area (Å²) in [5.41, 5.74) is 0.128. The largest absolute Gasteiger partial charge is 0.463 e. The Labute approximate surface area is 153 Å². The summed E-state index contributed by atoms with van der Waals surface area (Å²) < 4.78 is 19.2. The molecule has 0 aliphatic heterocycles. The molecule has 0 aliphatic rings. The summed E-state index contributed by atoms with van der Waals surface area (Å²) in [5, 5.41) is 4.90. The van der Waals surface area contributed by atoms with Crippen molar-refractivity contribution in [1.29, 1.82) is 0 Å². The van der Waals surface area contributed by atoms with Gasteiger partial charge in [-0.25, -0.2) is 4.39 Å². The highest BCUT2D eigenvalue weighted by Gasteiger charge is 2.18. The second kappa shape index (κ2) is 8.29. The molecular weight excluding hydrogens is 363 g/mol. The number of rotatable bonds is 7. The number of carbonyl (C=O) groups is 1. The molecule has 1 unspecified atom stereocenters. The molecule has 1 amide bonds. The fourth-order valence-corrected chi connectivity index (χ4v) is 3.45. The van der Waals surface area contributed by atoms with E-state index in [0.717, 1.165) is 10.7 Å². The maximum atomic E-state index is 13.8. The minimum atomic E-state index is -0.549. The Morgan fingerprint density at radius 2 is 2.12 bits per heavy atom. The van der Waals surface area contributed by atoms with Crippen molar-refractivity contribution in [3.8, 4) is 0 Å². The van der Waals surface area contributed by atoms with Crippen LogP contribution >= 0.6 is 22.9 Å². The zero-order valence-corrected chi connectivity index (χ0v) is 14.9. The van der Waals surface area contributed by atoms with Crippen molar-refractivity contribution in [2.24, 2.45) is 0 Å². The van der Waals surface area contributed by atoms with E-state index in [2.05, 4.69) is 5.32 Å². The lowest BCUT2D eigenvalue weighted by molar-refractivity contribution is -0.920. The number of thiophene rings is 1. The van der Waals surface area contributed by atoms with Crippen molar-refractivity contribution < 1.29 is 18.5 Å². The first-order valence-corrected chi connectivity index (χ1v) is 8.99. The molecule has 0 saturated carbocycles. The van der Waals surface area contributed by atoms with Gasteiger partial charge >= 0.3 is 0 Å². The van der Waals surface area contributed by atoms with E-state index in [1.165, 1.54) is 17.0 Å². The minimum absolute atomic E-state index is 0.128. The average molecular weight is 380 g/mol. The number of halogens is 2. The van der Waals surface area contributed by atoms with E-state index in [9.17, 15) is 9.18 Å². The second-order valence-electron chi connectivity index (χ2n) is 5.61. The predicted molar refractivity (Wildman–Crippen MR) is 96.3 cm³/mol. The molecule has 4 nitrogen and oxygen atoms in total. The van der Waals surface area contributed by atoms with Crippen LogP contribution in [0.15, 0.2) is 58.5 Å². The fourth-order valence-electron chi connectivity index (χ4n) is 2.52. The molecule has 0 spiro atoms. The van der Waals surface area contributed by atoms with Crippen molar-refractivity contribution in [2.45, 2.75) is 13.1 Å². The molecule has 0 radical (unpaired) electrons. The predicted octanol–water partition coefficient (Wildman–Crippen LogP) is 3.36. The number of amides is 1. The average Bonchev–Trinajstić information content (AvgIpc) is 3.24. The first-order chi connectivity index (χ1) is 12.1. The normalized spacial score (nSPS) is 12.1. The molecule has 0 aliphatic carbocycles. The molecule has 2 aromatic heterocycles. The third kappa shape index (κ3) is 5.16. The van der Waals surface area contributed by atoms with Gasteiger partial charge in [0.15, 0.2) is 12.3 Å². The lowest BCUT2D eigenvalue weighted by Crippen LogP contribution is -3.10. The Morgan fingerprint density at radius 3 is 2.80 bits per heavy atom. The molecule has 1 aromatic carbocycles. The Hall–Kier alpha value is -2.15. The van der Waals surface area contributed by atoms with Crippen LogP contribution in [-0.4, -0.2) is 12.5 Å². The van der Waals surface area contributed by atoms with Gasteiger partial charge in [0.2, 0.25) is 0 Å². The number of quaternary nitrogens is 1. The van der Waals surface area contributed by atoms with Crippen molar-refractivity contribution in [1.82, 2.24) is 0 Å². The van der Waals surface area contributed by atoms with Gasteiger partial charge in [0.1, 0.15) is 18.9 Å². The number of carbonyl (C=O) groups excluding carboxylic acids is 1. The molecule has 2 heterocycles. The van der Waals surface area contributed by atoms with Gasteiger partial charge in [0.05, 0.1) is 16.8 Å². The van der Waals surface area contributed by atoms with Crippen molar-refractivity contribution in [3.63, 3.8) is 0 Å². The van der Waals surface area contributed by atoms with Crippen LogP contribution in [-0.2, 0) is 17.9 Å². The van der Waals surface area contributed by atoms with E-state index < -0.39 is 5.82 Å². The second-order valence-corrected chi connectivity index (χ2v) is 7.08. The molecule has 0 bridgehead atoms. The smallest absolute Gasteiger partial charge is 0.279 e. The van der Waals surface area contributed by atoms with Crippen molar-refractivity contribution >= 4 is 34.5 Å². The highest BCUT2D eigenvalue weighted by atomic mass is 35.5. The van der Waals surface area contributed by atoms with E-state index in [-0.39, 0.29) is 18.1 Å². The van der Waals surface area contributed by atoms with Crippen molar-refractivity contribution in [2.75, 3.05) is 11.9 Å². The van der Waals surface area contributed by atoms with Gasteiger partial charge in [0.25, 0.3) is 5.91 Å². The van der Waals surface area contributed by atoms with Gasteiger partial charge < -0.3 is 14.6 Å². The summed E-state index contributed by atoms with van der Waals surface area (Å²) in [6.45, 7) is 1.46. The van der Waals surface area contributed by atoms with Gasteiger partial charge in [-0.1, -0.05) is 17.7 Å². The van der Waals surface area contributed by atoms with Crippen LogP contribution in [0.2, 0.25) is 5.02 Å². The lowest BCUT2D eigenvalue weighted by atomic mass is 10.3. The fraction of sp³-hybridized carbons (Fsp3) is 0.167. The van der Waals surface area contributed by atoms with E-state index in [1.807, 2.05) is 29.6 Å². The van der Waals surface area contributed by atoms with E-state index >= 15 is 0 Å². The number of hydrogen-bond donors (Lipinski definition) is 2. The number of hydrogen-bond acceptors (Lipinski definition) is 3. The highest BCUT2D eigenvalue weighted by molar-refractivity contribution is 7.09. The molecule has 25 heavy (non-hydrogen) atoms. The molecule has 0 fully saturated rings. The summed E-state index contributed by atoms with van der Waals surface area (Å²) in [6, 6.07) is 11.9. The van der Waals surface area contributed by atoms with Crippen LogP contribution in [0, 0.1) is 5.82 Å². The Bertz CT molecular complexity index is 785. The standard InChI is InChI=1S/C18H16ClFN2O2S/c19-13-5-6-17(16(20)9-13)21-18(23)12-22(10-14-3-1-7-24-14)11-15-4-2-8-25-15/h1-9H,10-12H2,(H,21,23)/p+1. The Morgan fingerprint density at radius 1 is 1.24 bits per heavy atom. The zero-order valence-electron chi connectivity index (χ0n) is 13.3. The van der Waals surface area contributed by atoms with Crippen LogP contribution in [0.4, 0.5) is 10.1 Å². The zero-order chi connectivity index (χ0) is 17.6. The summed E-state index contributed by atoms with van der Waals surface area (Å²) in [7, 11) is 0.